The van der Waals surface area contributed by atoms with E-state index in [-0.39, 0.29) is 11.6 Å². The van der Waals surface area contributed by atoms with Gasteiger partial charge in [0, 0.05) is 18.1 Å². The molecular formula is C14H27F3N2. The maximum Gasteiger partial charge on any atom is 0.401 e. The van der Waals surface area contributed by atoms with Crippen molar-refractivity contribution in [2.45, 2.75) is 70.1 Å². The minimum atomic E-state index is -4.11. The number of halogens is 3. The first-order valence-corrected chi connectivity index (χ1v) is 7.28. The van der Waals surface area contributed by atoms with Gasteiger partial charge in [-0.3, -0.25) is 4.90 Å². The van der Waals surface area contributed by atoms with Gasteiger partial charge < -0.3 is 5.32 Å². The quantitative estimate of drug-likeness (QED) is 0.800. The number of rotatable bonds is 6. The van der Waals surface area contributed by atoms with E-state index in [2.05, 4.69) is 5.32 Å². The van der Waals surface area contributed by atoms with Gasteiger partial charge in [0.05, 0.1) is 6.54 Å². The fourth-order valence-corrected chi connectivity index (χ4v) is 2.96. The van der Waals surface area contributed by atoms with Crippen LogP contribution in [0.4, 0.5) is 13.2 Å². The zero-order chi connectivity index (χ0) is 14.5. The monoisotopic (exact) mass is 280 g/mol. The average molecular weight is 280 g/mol. The van der Waals surface area contributed by atoms with Gasteiger partial charge in [-0.25, -0.2) is 0 Å². The molecule has 0 atom stereocenters. The lowest BCUT2D eigenvalue weighted by Crippen LogP contribution is -2.49. The Kier molecular flexibility index (Phi) is 6.12. The first kappa shape index (κ1) is 16.8. The Morgan fingerprint density at radius 1 is 1.16 bits per heavy atom. The van der Waals surface area contributed by atoms with Gasteiger partial charge in [0.1, 0.15) is 0 Å². The predicted molar refractivity (Wildman–Crippen MR) is 72.3 cm³/mol. The van der Waals surface area contributed by atoms with E-state index >= 15 is 0 Å². The summed E-state index contributed by atoms with van der Waals surface area (Å²) in [6.45, 7) is 3.37. The van der Waals surface area contributed by atoms with Crippen LogP contribution in [-0.2, 0) is 0 Å². The second-order valence-electron chi connectivity index (χ2n) is 6.02. The van der Waals surface area contributed by atoms with Crippen molar-refractivity contribution in [1.82, 2.24) is 10.2 Å². The molecule has 0 aromatic heterocycles. The van der Waals surface area contributed by atoms with Crippen molar-refractivity contribution in [3.63, 3.8) is 0 Å². The number of hydrogen-bond donors (Lipinski definition) is 1. The van der Waals surface area contributed by atoms with Crippen LogP contribution in [0.3, 0.4) is 0 Å². The topological polar surface area (TPSA) is 15.3 Å². The molecule has 0 heterocycles. The molecule has 19 heavy (non-hydrogen) atoms. The first-order chi connectivity index (χ1) is 8.78. The fourth-order valence-electron chi connectivity index (χ4n) is 2.96. The molecule has 0 aromatic rings. The molecule has 1 aliphatic rings. The standard InChI is InChI=1S/C14H27F3N2/c1-12(2)19(11-14(15,16)17)10-9-13(18-3)7-5-4-6-8-13/h12,18H,4-11H2,1-3H3. The van der Waals surface area contributed by atoms with Crippen molar-refractivity contribution in [2.24, 2.45) is 0 Å². The third-order valence-electron chi connectivity index (χ3n) is 4.33. The van der Waals surface area contributed by atoms with Crippen molar-refractivity contribution >= 4 is 0 Å². The van der Waals surface area contributed by atoms with Crippen LogP contribution in [0.1, 0.15) is 52.4 Å². The van der Waals surface area contributed by atoms with Crippen molar-refractivity contribution < 1.29 is 13.2 Å². The molecule has 114 valence electrons. The molecule has 0 aliphatic heterocycles. The average Bonchev–Trinajstić information content (AvgIpc) is 2.34. The van der Waals surface area contributed by atoms with Crippen LogP contribution in [-0.4, -0.2) is 42.8 Å². The third kappa shape index (κ3) is 5.69. The summed E-state index contributed by atoms with van der Waals surface area (Å²) in [4.78, 5) is 1.54. The molecule has 0 aromatic carbocycles. The normalized spacial score (nSPS) is 20.2. The van der Waals surface area contributed by atoms with Crippen LogP contribution < -0.4 is 5.32 Å². The molecule has 1 saturated carbocycles. The van der Waals surface area contributed by atoms with E-state index in [4.69, 9.17) is 0 Å². The number of nitrogens with zero attached hydrogens (tertiary/aromatic N) is 1. The van der Waals surface area contributed by atoms with E-state index < -0.39 is 12.7 Å². The van der Waals surface area contributed by atoms with Crippen molar-refractivity contribution in [3.05, 3.63) is 0 Å². The molecule has 1 rings (SSSR count). The van der Waals surface area contributed by atoms with E-state index in [0.717, 1.165) is 19.3 Å². The summed E-state index contributed by atoms with van der Waals surface area (Å²) in [5.41, 5.74) is 0.0526. The molecule has 0 spiro atoms. The first-order valence-electron chi connectivity index (χ1n) is 7.28. The zero-order valence-electron chi connectivity index (χ0n) is 12.3. The highest BCUT2D eigenvalue weighted by atomic mass is 19.4. The van der Waals surface area contributed by atoms with E-state index in [1.54, 1.807) is 0 Å². The SMILES string of the molecule is CNC1(CCN(CC(F)(F)F)C(C)C)CCCCC1. The Morgan fingerprint density at radius 2 is 1.74 bits per heavy atom. The molecule has 1 aliphatic carbocycles. The predicted octanol–water partition coefficient (Wildman–Crippen LogP) is 3.57. The minimum absolute atomic E-state index is 0.0526. The summed E-state index contributed by atoms with van der Waals surface area (Å²) < 4.78 is 37.7. The van der Waals surface area contributed by atoms with Crippen LogP contribution >= 0.6 is 0 Å². The maximum absolute atomic E-state index is 12.6. The van der Waals surface area contributed by atoms with Crippen LogP contribution in [0, 0.1) is 0 Å². The second kappa shape index (κ2) is 6.93. The summed E-state index contributed by atoms with van der Waals surface area (Å²) >= 11 is 0. The van der Waals surface area contributed by atoms with Gasteiger partial charge in [-0.1, -0.05) is 19.3 Å². The highest BCUT2D eigenvalue weighted by molar-refractivity contribution is 4.90. The van der Waals surface area contributed by atoms with Gasteiger partial charge in [0.25, 0.3) is 0 Å². The fraction of sp³-hybridized carbons (Fsp3) is 1.00. The molecule has 1 fully saturated rings. The van der Waals surface area contributed by atoms with E-state index in [1.165, 1.54) is 24.2 Å². The lowest BCUT2D eigenvalue weighted by molar-refractivity contribution is -0.150. The van der Waals surface area contributed by atoms with Gasteiger partial charge in [0.2, 0.25) is 0 Å². The summed E-state index contributed by atoms with van der Waals surface area (Å²) in [5, 5.41) is 3.37. The highest BCUT2D eigenvalue weighted by Crippen LogP contribution is 2.31. The van der Waals surface area contributed by atoms with Crippen molar-refractivity contribution in [2.75, 3.05) is 20.1 Å². The van der Waals surface area contributed by atoms with Crippen LogP contribution in [0.5, 0.6) is 0 Å². The van der Waals surface area contributed by atoms with Crippen molar-refractivity contribution in [1.29, 1.82) is 0 Å². The Bertz CT molecular complexity index is 258. The minimum Gasteiger partial charge on any atom is -0.314 e. The van der Waals surface area contributed by atoms with Gasteiger partial charge in [-0.05, 0) is 40.2 Å². The van der Waals surface area contributed by atoms with Crippen LogP contribution in [0.15, 0.2) is 0 Å². The van der Waals surface area contributed by atoms with Gasteiger partial charge in [0.15, 0.2) is 0 Å². The molecular weight excluding hydrogens is 253 g/mol. The van der Waals surface area contributed by atoms with Crippen molar-refractivity contribution in [3.8, 4) is 0 Å². The lowest BCUT2D eigenvalue weighted by atomic mass is 9.79. The number of alkyl halides is 3. The van der Waals surface area contributed by atoms with Gasteiger partial charge >= 0.3 is 6.18 Å². The Balaban J connectivity index is 2.54. The lowest BCUT2D eigenvalue weighted by Gasteiger charge is -2.39. The molecule has 0 bridgehead atoms. The number of nitrogens with one attached hydrogen (secondary N) is 1. The van der Waals surface area contributed by atoms with Crippen LogP contribution in [0.2, 0.25) is 0 Å². The van der Waals surface area contributed by atoms with Crippen LogP contribution in [0.25, 0.3) is 0 Å². The van der Waals surface area contributed by atoms with E-state index in [1.807, 2.05) is 20.9 Å². The summed E-state index contributed by atoms with van der Waals surface area (Å²) in [6, 6.07) is -0.0703. The largest absolute Gasteiger partial charge is 0.401 e. The Morgan fingerprint density at radius 3 is 2.16 bits per heavy atom. The smallest absolute Gasteiger partial charge is 0.314 e. The molecule has 5 heteroatoms. The van der Waals surface area contributed by atoms with E-state index in [0.29, 0.717) is 6.54 Å². The van der Waals surface area contributed by atoms with E-state index in [9.17, 15) is 13.2 Å². The molecule has 0 saturated heterocycles. The molecule has 0 radical (unpaired) electrons. The molecule has 2 nitrogen and oxygen atoms in total. The summed E-state index contributed by atoms with van der Waals surface area (Å²) in [7, 11) is 1.94. The maximum atomic E-state index is 12.6. The molecule has 0 unspecified atom stereocenters. The number of hydrogen-bond acceptors (Lipinski definition) is 2. The molecule has 1 N–H and O–H groups in total. The third-order valence-corrected chi connectivity index (χ3v) is 4.33. The summed E-state index contributed by atoms with van der Waals surface area (Å²) in [6.07, 6.45) is 2.48. The molecule has 0 amide bonds. The Labute approximate surface area is 114 Å². The second-order valence-corrected chi connectivity index (χ2v) is 6.02. The zero-order valence-corrected chi connectivity index (χ0v) is 12.3. The summed E-state index contributed by atoms with van der Waals surface area (Å²) in [5.74, 6) is 0. The highest BCUT2D eigenvalue weighted by Gasteiger charge is 2.34. The Hall–Kier alpha value is -0.290. The van der Waals surface area contributed by atoms with Gasteiger partial charge in [-0.2, -0.15) is 13.2 Å². The van der Waals surface area contributed by atoms with Gasteiger partial charge in [-0.15, -0.1) is 0 Å².